The molecular formula is C24H33N3O4S2. The van der Waals surface area contributed by atoms with Gasteiger partial charge in [0.2, 0.25) is 10.0 Å². The van der Waals surface area contributed by atoms with Crippen LogP contribution in [0.1, 0.15) is 50.9 Å². The van der Waals surface area contributed by atoms with E-state index in [4.69, 9.17) is 17.0 Å². The molecule has 0 radical (unpaired) electrons. The second-order valence-electron chi connectivity index (χ2n) is 8.04. The number of hydrogen-bond acceptors (Lipinski definition) is 5. The Balaban J connectivity index is 2.05. The molecule has 1 amide bonds. The van der Waals surface area contributed by atoms with Crippen LogP contribution in [0.25, 0.3) is 0 Å². The molecule has 0 aromatic heterocycles. The van der Waals surface area contributed by atoms with E-state index in [1.807, 2.05) is 27.7 Å². The molecule has 0 heterocycles. The summed E-state index contributed by atoms with van der Waals surface area (Å²) in [4.78, 5) is 12.9. The molecule has 2 N–H and O–H groups in total. The molecule has 0 fully saturated rings. The molecule has 0 saturated heterocycles. The predicted octanol–water partition coefficient (Wildman–Crippen LogP) is 4.66. The van der Waals surface area contributed by atoms with E-state index < -0.39 is 10.0 Å². The van der Waals surface area contributed by atoms with Gasteiger partial charge in [0.05, 0.1) is 17.1 Å². The van der Waals surface area contributed by atoms with Crippen molar-refractivity contribution in [1.29, 1.82) is 0 Å². The lowest BCUT2D eigenvalue weighted by atomic mass is 10.2. The van der Waals surface area contributed by atoms with Gasteiger partial charge in [-0.1, -0.05) is 39.8 Å². The Morgan fingerprint density at radius 1 is 1.03 bits per heavy atom. The SMILES string of the molecule is CCCN(CCC)S(=O)(=O)c1ccc(NC(=S)NC(=O)c2ccccc2OCC(C)C)cc1. The Labute approximate surface area is 202 Å². The number of benzene rings is 2. The molecule has 0 aliphatic carbocycles. The van der Waals surface area contributed by atoms with E-state index in [-0.39, 0.29) is 15.9 Å². The standard InChI is InChI=1S/C24H33N3O4S2/c1-5-15-27(16-6-2)33(29,30)20-13-11-19(12-14-20)25-24(32)26-23(28)21-9-7-8-10-22(21)31-17-18(3)4/h7-14,18H,5-6,15-17H2,1-4H3,(H2,25,26,28,32). The smallest absolute Gasteiger partial charge is 0.261 e. The number of ether oxygens (including phenoxy) is 1. The fourth-order valence-electron chi connectivity index (χ4n) is 3.08. The summed E-state index contributed by atoms with van der Waals surface area (Å²) in [6.45, 7) is 9.43. The quantitative estimate of drug-likeness (QED) is 0.445. The molecule has 2 aromatic rings. The molecular weight excluding hydrogens is 458 g/mol. The Morgan fingerprint density at radius 2 is 1.64 bits per heavy atom. The lowest BCUT2D eigenvalue weighted by Gasteiger charge is -2.21. The summed E-state index contributed by atoms with van der Waals surface area (Å²) in [5.41, 5.74) is 0.955. The zero-order valence-corrected chi connectivity index (χ0v) is 21.3. The van der Waals surface area contributed by atoms with Crippen LogP contribution in [0.3, 0.4) is 0 Å². The number of amides is 1. The van der Waals surface area contributed by atoms with E-state index in [0.29, 0.717) is 42.6 Å². The first-order chi connectivity index (χ1) is 15.7. The summed E-state index contributed by atoms with van der Waals surface area (Å²) in [5, 5.41) is 5.67. The van der Waals surface area contributed by atoms with Gasteiger partial charge in [-0.15, -0.1) is 0 Å². The van der Waals surface area contributed by atoms with Crippen LogP contribution in [0.5, 0.6) is 5.75 Å². The van der Waals surface area contributed by atoms with Crippen LogP contribution in [0.15, 0.2) is 53.4 Å². The third kappa shape index (κ3) is 7.80. The molecule has 0 atom stereocenters. The third-order valence-corrected chi connectivity index (χ3v) is 6.74. The van der Waals surface area contributed by atoms with Crippen LogP contribution in [0, 0.1) is 5.92 Å². The summed E-state index contributed by atoms with van der Waals surface area (Å²) in [6.07, 6.45) is 1.50. The highest BCUT2D eigenvalue weighted by Gasteiger charge is 2.23. The lowest BCUT2D eigenvalue weighted by Crippen LogP contribution is -2.34. The maximum atomic E-state index is 12.9. The molecule has 7 nitrogen and oxygen atoms in total. The Bertz CT molecular complexity index is 1030. The van der Waals surface area contributed by atoms with Crippen molar-refractivity contribution in [3.63, 3.8) is 0 Å². The monoisotopic (exact) mass is 491 g/mol. The predicted molar refractivity (Wildman–Crippen MR) is 136 cm³/mol. The molecule has 9 heteroatoms. The molecule has 0 unspecified atom stereocenters. The van der Waals surface area contributed by atoms with Crippen molar-refractivity contribution < 1.29 is 17.9 Å². The van der Waals surface area contributed by atoms with E-state index in [1.165, 1.54) is 16.4 Å². The number of hydrogen-bond donors (Lipinski definition) is 2. The summed E-state index contributed by atoms with van der Waals surface area (Å²) in [5.74, 6) is 0.428. The zero-order chi connectivity index (χ0) is 24.4. The van der Waals surface area contributed by atoms with Crippen molar-refractivity contribution in [2.45, 2.75) is 45.4 Å². The molecule has 33 heavy (non-hydrogen) atoms. The van der Waals surface area contributed by atoms with E-state index in [2.05, 4.69) is 10.6 Å². The maximum absolute atomic E-state index is 12.9. The van der Waals surface area contributed by atoms with Crippen LogP contribution in [-0.4, -0.2) is 43.4 Å². The Morgan fingerprint density at radius 3 is 2.21 bits per heavy atom. The number of anilines is 1. The van der Waals surface area contributed by atoms with E-state index >= 15 is 0 Å². The van der Waals surface area contributed by atoms with Gasteiger partial charge in [0.15, 0.2) is 5.11 Å². The van der Waals surface area contributed by atoms with Crippen LogP contribution in [0.2, 0.25) is 0 Å². The first-order valence-corrected chi connectivity index (χ1v) is 13.0. The number of nitrogens with zero attached hydrogens (tertiary/aromatic N) is 1. The average Bonchev–Trinajstić information content (AvgIpc) is 2.78. The normalized spacial score (nSPS) is 11.5. The van der Waals surface area contributed by atoms with Crippen molar-refractivity contribution in [3.8, 4) is 5.75 Å². The molecule has 2 rings (SSSR count). The summed E-state index contributed by atoms with van der Waals surface area (Å²) in [6, 6.07) is 13.3. The minimum absolute atomic E-state index is 0.105. The van der Waals surface area contributed by atoms with E-state index in [0.717, 1.165) is 12.8 Å². The van der Waals surface area contributed by atoms with Gasteiger partial charge in [0.25, 0.3) is 5.91 Å². The summed E-state index contributed by atoms with van der Waals surface area (Å²) < 4.78 is 33.0. The van der Waals surface area contributed by atoms with Crippen molar-refractivity contribution in [1.82, 2.24) is 9.62 Å². The van der Waals surface area contributed by atoms with E-state index in [1.54, 1.807) is 36.4 Å². The summed E-state index contributed by atoms with van der Waals surface area (Å²) in [7, 11) is -3.55. The van der Waals surface area contributed by atoms with Gasteiger partial charge in [-0.2, -0.15) is 4.31 Å². The van der Waals surface area contributed by atoms with Gasteiger partial charge in [-0.05, 0) is 67.4 Å². The minimum atomic E-state index is -3.55. The number of thiocarbonyl (C=S) groups is 1. The lowest BCUT2D eigenvalue weighted by molar-refractivity contribution is 0.0973. The van der Waals surface area contributed by atoms with Gasteiger partial charge in [-0.3, -0.25) is 10.1 Å². The van der Waals surface area contributed by atoms with Gasteiger partial charge in [0, 0.05) is 18.8 Å². The zero-order valence-electron chi connectivity index (χ0n) is 19.6. The number of para-hydroxylation sites is 1. The fraction of sp³-hybridized carbons (Fsp3) is 0.417. The molecule has 0 aliphatic heterocycles. The molecule has 180 valence electrons. The van der Waals surface area contributed by atoms with Gasteiger partial charge in [-0.25, -0.2) is 8.42 Å². The molecule has 2 aromatic carbocycles. The third-order valence-electron chi connectivity index (χ3n) is 4.63. The molecule has 0 bridgehead atoms. The molecule has 0 saturated carbocycles. The Hall–Kier alpha value is -2.49. The van der Waals surface area contributed by atoms with Crippen LogP contribution >= 0.6 is 12.2 Å². The highest BCUT2D eigenvalue weighted by Crippen LogP contribution is 2.20. The highest BCUT2D eigenvalue weighted by atomic mass is 32.2. The van der Waals surface area contributed by atoms with E-state index in [9.17, 15) is 13.2 Å². The second-order valence-corrected chi connectivity index (χ2v) is 10.4. The van der Waals surface area contributed by atoms with Crippen molar-refractivity contribution >= 4 is 38.9 Å². The first-order valence-electron chi connectivity index (χ1n) is 11.1. The van der Waals surface area contributed by atoms with Gasteiger partial charge >= 0.3 is 0 Å². The van der Waals surface area contributed by atoms with Gasteiger partial charge in [0.1, 0.15) is 5.75 Å². The number of rotatable bonds is 11. The van der Waals surface area contributed by atoms with Crippen molar-refractivity contribution in [2.75, 3.05) is 25.0 Å². The van der Waals surface area contributed by atoms with Crippen LogP contribution < -0.4 is 15.4 Å². The summed E-state index contributed by atoms with van der Waals surface area (Å²) >= 11 is 5.27. The molecule has 0 spiro atoms. The number of carbonyl (C=O) groups is 1. The van der Waals surface area contributed by atoms with Crippen molar-refractivity contribution in [3.05, 3.63) is 54.1 Å². The average molecular weight is 492 g/mol. The first kappa shape index (κ1) is 26.8. The number of carbonyl (C=O) groups excluding carboxylic acids is 1. The largest absolute Gasteiger partial charge is 0.492 e. The highest BCUT2D eigenvalue weighted by molar-refractivity contribution is 7.89. The minimum Gasteiger partial charge on any atom is -0.492 e. The second kappa shape index (κ2) is 12.7. The molecule has 0 aliphatic rings. The number of sulfonamides is 1. The number of nitrogens with one attached hydrogen (secondary N) is 2. The topological polar surface area (TPSA) is 87.7 Å². The van der Waals surface area contributed by atoms with Crippen LogP contribution in [0.4, 0.5) is 5.69 Å². The van der Waals surface area contributed by atoms with Gasteiger partial charge < -0.3 is 10.1 Å². The fourth-order valence-corrected chi connectivity index (χ4v) is 4.91. The Kier molecular flexibility index (Phi) is 10.3. The van der Waals surface area contributed by atoms with Crippen LogP contribution in [-0.2, 0) is 10.0 Å². The van der Waals surface area contributed by atoms with Crippen molar-refractivity contribution in [2.24, 2.45) is 5.92 Å². The maximum Gasteiger partial charge on any atom is 0.261 e.